The molecule has 0 radical (unpaired) electrons. The number of quaternary nitrogens is 1. The Morgan fingerprint density at radius 2 is 1.68 bits per heavy atom. The Kier molecular flexibility index (Phi) is 8.12. The molecular weight excluding hydrogens is 478 g/mol. The van der Waals surface area contributed by atoms with Crippen molar-refractivity contribution in [2.75, 3.05) is 11.9 Å². The number of carbonyl (C=O) groups is 3. The van der Waals surface area contributed by atoms with Crippen molar-refractivity contribution in [3.8, 4) is 11.1 Å². The largest absolute Gasteiger partial charge is 0.345 e. The van der Waals surface area contributed by atoms with E-state index >= 15 is 0 Å². The molecule has 0 aliphatic carbocycles. The van der Waals surface area contributed by atoms with Crippen LogP contribution in [-0.2, 0) is 29.1 Å². The number of anilines is 1. The molecule has 1 aliphatic heterocycles. The van der Waals surface area contributed by atoms with Gasteiger partial charge in [0.15, 0.2) is 5.54 Å². The molecule has 6 N–H and O–H groups in total. The van der Waals surface area contributed by atoms with Crippen LogP contribution < -0.4 is 26.6 Å². The highest BCUT2D eigenvalue weighted by Gasteiger charge is 2.35. The molecular formula is C30H36N5O3+. The number of hydrogen-bond acceptors (Lipinski definition) is 3. The third-order valence-corrected chi connectivity index (χ3v) is 6.76. The molecule has 0 aromatic heterocycles. The first-order chi connectivity index (χ1) is 18.2. The van der Waals surface area contributed by atoms with Gasteiger partial charge in [-0.2, -0.15) is 0 Å². The fourth-order valence-electron chi connectivity index (χ4n) is 4.56. The van der Waals surface area contributed by atoms with Crippen LogP contribution in [0.3, 0.4) is 0 Å². The normalized spacial score (nSPS) is 15.3. The average Bonchev–Trinajstić information content (AvgIpc) is 3.04. The van der Waals surface area contributed by atoms with E-state index in [9.17, 15) is 14.4 Å². The number of hydrogen-bond donors (Lipinski definition) is 4. The standard InChI is InChI=1S/C30H35N5O3/c1-30(2,31)28(37)34-25-17-16-22-8-5-7-11-26(22)35(27(25)36)19-20-12-14-21(15-13-20)24-10-6-4-9-23(24)18-33-29(38)32-3/h4-15,25H,16-19,31H2,1-3H3,(H,34,37)(H2,32,33,38)/p+1/t25-/m1/s1. The Morgan fingerprint density at radius 3 is 2.39 bits per heavy atom. The minimum atomic E-state index is -0.827. The number of nitrogens with one attached hydrogen (secondary N) is 3. The number of nitrogens with zero attached hydrogens (tertiary/aromatic N) is 1. The Balaban J connectivity index is 1.57. The van der Waals surface area contributed by atoms with E-state index < -0.39 is 11.6 Å². The molecule has 8 nitrogen and oxygen atoms in total. The molecule has 0 bridgehead atoms. The molecule has 0 saturated carbocycles. The van der Waals surface area contributed by atoms with Gasteiger partial charge < -0.3 is 26.6 Å². The van der Waals surface area contributed by atoms with Crippen molar-refractivity contribution in [1.29, 1.82) is 0 Å². The predicted molar refractivity (Wildman–Crippen MR) is 148 cm³/mol. The summed E-state index contributed by atoms with van der Waals surface area (Å²) >= 11 is 0. The van der Waals surface area contributed by atoms with Crippen molar-refractivity contribution in [2.45, 2.75) is 51.4 Å². The summed E-state index contributed by atoms with van der Waals surface area (Å²) < 4.78 is 0. The second-order valence-electron chi connectivity index (χ2n) is 10.3. The van der Waals surface area contributed by atoms with Crippen molar-refractivity contribution in [2.24, 2.45) is 0 Å². The Labute approximate surface area is 223 Å². The van der Waals surface area contributed by atoms with E-state index in [1.807, 2.05) is 72.8 Å². The third kappa shape index (κ3) is 6.20. The minimum Gasteiger partial charge on any atom is -0.345 e. The van der Waals surface area contributed by atoms with E-state index in [0.717, 1.165) is 33.5 Å². The molecule has 1 heterocycles. The van der Waals surface area contributed by atoms with Gasteiger partial charge in [-0.25, -0.2) is 4.79 Å². The molecule has 3 aromatic rings. The summed E-state index contributed by atoms with van der Waals surface area (Å²) in [4.78, 5) is 39.8. The van der Waals surface area contributed by atoms with Gasteiger partial charge in [-0.05, 0) is 60.6 Å². The van der Waals surface area contributed by atoms with Crippen LogP contribution in [0.5, 0.6) is 0 Å². The van der Waals surface area contributed by atoms with Crippen LogP contribution in [0.2, 0.25) is 0 Å². The van der Waals surface area contributed by atoms with Gasteiger partial charge in [0.2, 0.25) is 5.91 Å². The van der Waals surface area contributed by atoms with Crippen LogP contribution in [0.25, 0.3) is 11.1 Å². The highest BCUT2D eigenvalue weighted by atomic mass is 16.2. The van der Waals surface area contributed by atoms with Gasteiger partial charge in [-0.15, -0.1) is 0 Å². The SMILES string of the molecule is CNC(=O)NCc1ccccc1-c1ccc(CN2C(=O)[C@H](NC(=O)C(C)(C)[NH3+])CCc3ccccc32)cc1. The molecule has 4 rings (SSSR count). The fraction of sp³-hybridized carbons (Fsp3) is 0.300. The number of rotatable bonds is 7. The molecule has 38 heavy (non-hydrogen) atoms. The van der Waals surface area contributed by atoms with E-state index in [1.165, 1.54) is 0 Å². The zero-order chi connectivity index (χ0) is 27.3. The van der Waals surface area contributed by atoms with Gasteiger partial charge in [-0.3, -0.25) is 9.59 Å². The Hall–Kier alpha value is -4.17. The Bertz CT molecular complexity index is 1310. The molecule has 1 atom stereocenters. The maximum atomic E-state index is 13.7. The second kappa shape index (κ2) is 11.5. The summed E-state index contributed by atoms with van der Waals surface area (Å²) in [7, 11) is 1.59. The minimum absolute atomic E-state index is 0.123. The van der Waals surface area contributed by atoms with E-state index in [4.69, 9.17) is 0 Å². The summed E-state index contributed by atoms with van der Waals surface area (Å²) in [6.07, 6.45) is 1.23. The van der Waals surface area contributed by atoms with E-state index in [1.54, 1.807) is 25.8 Å². The monoisotopic (exact) mass is 514 g/mol. The molecule has 0 spiro atoms. The number of aryl methyl sites for hydroxylation is 1. The third-order valence-electron chi connectivity index (χ3n) is 6.76. The molecule has 4 amide bonds. The van der Waals surface area contributed by atoms with Crippen LogP contribution in [-0.4, -0.2) is 36.5 Å². The molecule has 0 fully saturated rings. The maximum Gasteiger partial charge on any atom is 0.314 e. The summed E-state index contributed by atoms with van der Waals surface area (Å²) in [6, 6.07) is 23.1. The van der Waals surface area contributed by atoms with Crippen LogP contribution in [0, 0.1) is 0 Å². The van der Waals surface area contributed by atoms with Crippen molar-refractivity contribution in [3.63, 3.8) is 0 Å². The first-order valence-electron chi connectivity index (χ1n) is 12.9. The maximum absolute atomic E-state index is 13.7. The van der Waals surface area contributed by atoms with Crippen LogP contribution in [0.1, 0.15) is 37.0 Å². The highest BCUT2D eigenvalue weighted by Crippen LogP contribution is 2.30. The zero-order valence-corrected chi connectivity index (χ0v) is 22.2. The lowest BCUT2D eigenvalue weighted by Gasteiger charge is -2.27. The summed E-state index contributed by atoms with van der Waals surface area (Å²) in [5, 5.41) is 8.34. The van der Waals surface area contributed by atoms with Crippen LogP contribution in [0.15, 0.2) is 72.8 Å². The molecule has 8 heteroatoms. The smallest absolute Gasteiger partial charge is 0.314 e. The first kappa shape index (κ1) is 26.9. The van der Waals surface area contributed by atoms with Crippen molar-refractivity contribution < 1.29 is 20.1 Å². The summed E-state index contributed by atoms with van der Waals surface area (Å²) in [5.41, 5.74) is 9.08. The molecule has 0 unspecified atom stereocenters. The van der Waals surface area contributed by atoms with E-state index in [-0.39, 0.29) is 17.8 Å². The van der Waals surface area contributed by atoms with Crippen LogP contribution >= 0.6 is 0 Å². The van der Waals surface area contributed by atoms with Crippen molar-refractivity contribution in [3.05, 3.63) is 89.5 Å². The van der Waals surface area contributed by atoms with E-state index in [0.29, 0.717) is 25.9 Å². The topological polar surface area (TPSA) is 118 Å². The number of para-hydroxylation sites is 1. The number of amides is 4. The predicted octanol–water partition coefficient (Wildman–Crippen LogP) is 2.77. The van der Waals surface area contributed by atoms with Gasteiger partial charge in [-0.1, -0.05) is 66.7 Å². The molecule has 3 aromatic carbocycles. The van der Waals surface area contributed by atoms with Gasteiger partial charge in [0.05, 0.1) is 6.54 Å². The zero-order valence-electron chi connectivity index (χ0n) is 22.2. The van der Waals surface area contributed by atoms with Crippen molar-refractivity contribution in [1.82, 2.24) is 16.0 Å². The lowest BCUT2D eigenvalue weighted by molar-refractivity contribution is -0.446. The van der Waals surface area contributed by atoms with Crippen LogP contribution in [0.4, 0.5) is 10.5 Å². The van der Waals surface area contributed by atoms with Gasteiger partial charge in [0.1, 0.15) is 6.04 Å². The lowest BCUT2D eigenvalue weighted by Crippen LogP contribution is -2.76. The highest BCUT2D eigenvalue weighted by molar-refractivity contribution is 6.01. The van der Waals surface area contributed by atoms with Crippen molar-refractivity contribution >= 4 is 23.5 Å². The quantitative estimate of drug-likeness (QED) is 0.388. The number of fused-ring (bicyclic) bond motifs is 1. The van der Waals surface area contributed by atoms with E-state index in [2.05, 4.69) is 21.7 Å². The average molecular weight is 515 g/mol. The fourth-order valence-corrected chi connectivity index (χ4v) is 4.56. The van der Waals surface area contributed by atoms with Gasteiger partial charge in [0, 0.05) is 19.3 Å². The number of carbonyl (C=O) groups excluding carboxylic acids is 3. The molecule has 198 valence electrons. The molecule has 1 aliphatic rings. The molecule has 0 saturated heterocycles. The number of urea groups is 1. The first-order valence-corrected chi connectivity index (χ1v) is 12.9. The van der Waals surface area contributed by atoms with Gasteiger partial charge in [0.25, 0.3) is 5.91 Å². The Morgan fingerprint density at radius 1 is 1.00 bits per heavy atom. The number of benzene rings is 3. The second-order valence-corrected chi connectivity index (χ2v) is 10.3. The summed E-state index contributed by atoms with van der Waals surface area (Å²) in [5.74, 6) is -0.363. The van der Waals surface area contributed by atoms with Gasteiger partial charge >= 0.3 is 6.03 Å². The summed E-state index contributed by atoms with van der Waals surface area (Å²) in [6.45, 7) is 4.28. The lowest BCUT2D eigenvalue weighted by atomic mass is 9.98.